The molecule has 1 saturated carbocycles. The number of halogens is 1. The second kappa shape index (κ2) is 3.93. The van der Waals surface area contributed by atoms with Crippen LogP contribution in [0.5, 0.6) is 0 Å². The molecule has 0 aromatic carbocycles. The van der Waals surface area contributed by atoms with E-state index in [-0.39, 0.29) is 16.9 Å². The highest BCUT2D eigenvalue weighted by Gasteiger charge is 2.58. The van der Waals surface area contributed by atoms with E-state index >= 15 is 0 Å². The zero-order chi connectivity index (χ0) is 13.9. The second-order valence-electron chi connectivity index (χ2n) is 5.52. The van der Waals surface area contributed by atoms with Gasteiger partial charge in [0.1, 0.15) is 0 Å². The lowest BCUT2D eigenvalue weighted by atomic mass is 9.99. The van der Waals surface area contributed by atoms with E-state index < -0.39 is 5.97 Å². The molecule has 2 fully saturated rings. The lowest BCUT2D eigenvalue weighted by molar-refractivity contribution is 0.0694. The number of carbonyl (C=O) groups is 1. The van der Waals surface area contributed by atoms with Crippen molar-refractivity contribution >= 4 is 23.2 Å². The van der Waals surface area contributed by atoms with E-state index in [0.29, 0.717) is 23.1 Å². The van der Waals surface area contributed by atoms with Gasteiger partial charge in [-0.3, -0.25) is 0 Å². The van der Waals surface area contributed by atoms with Crippen LogP contribution in [0.2, 0.25) is 5.15 Å². The maximum absolute atomic E-state index is 11.5. The summed E-state index contributed by atoms with van der Waals surface area (Å²) in [7, 11) is 0. The van der Waals surface area contributed by atoms with Gasteiger partial charge in [0.25, 0.3) is 0 Å². The molecule has 0 amide bonds. The van der Waals surface area contributed by atoms with E-state index in [1.807, 2.05) is 0 Å². The fourth-order valence-corrected chi connectivity index (χ4v) is 3.39. The van der Waals surface area contributed by atoms with Gasteiger partial charge < -0.3 is 9.84 Å². The van der Waals surface area contributed by atoms with Gasteiger partial charge in [0.15, 0.2) is 10.8 Å². The third-order valence-corrected chi connectivity index (χ3v) is 4.56. The number of ether oxygens (including phenoxy) is 1. The van der Waals surface area contributed by atoms with E-state index in [0.717, 1.165) is 19.4 Å². The molecule has 0 radical (unpaired) electrons. The van der Waals surface area contributed by atoms with Gasteiger partial charge in [-0.1, -0.05) is 11.6 Å². The molecule has 4 rings (SSSR count). The Morgan fingerprint density at radius 1 is 1.60 bits per heavy atom. The molecule has 3 heterocycles. The quantitative estimate of drug-likeness (QED) is 0.916. The van der Waals surface area contributed by atoms with E-state index in [1.54, 1.807) is 10.6 Å². The summed E-state index contributed by atoms with van der Waals surface area (Å²) in [5.41, 5.74) is 1.55. The van der Waals surface area contributed by atoms with Crippen molar-refractivity contribution in [3.05, 3.63) is 28.7 Å². The van der Waals surface area contributed by atoms with Crippen LogP contribution in [-0.4, -0.2) is 38.9 Å². The van der Waals surface area contributed by atoms with Gasteiger partial charge in [0, 0.05) is 30.2 Å². The molecule has 1 aliphatic carbocycles. The maximum atomic E-state index is 11.5. The Morgan fingerprint density at radius 3 is 3.15 bits per heavy atom. The molecule has 6 nitrogen and oxygen atoms in total. The fraction of sp³-hybridized carbons (Fsp3) is 0.462. The Hall–Kier alpha value is -1.66. The molecule has 0 bridgehead atoms. The molecule has 2 aliphatic rings. The Labute approximate surface area is 119 Å². The van der Waals surface area contributed by atoms with Crippen LogP contribution in [0.1, 0.15) is 34.8 Å². The SMILES string of the molecule is O=C(O)c1cnc2cc(Cl)nn2c1C1CC12CCOC2. The number of carboxylic acids is 1. The number of fused-ring (bicyclic) bond motifs is 1. The highest BCUT2D eigenvalue weighted by Crippen LogP contribution is 2.64. The molecule has 104 valence electrons. The van der Waals surface area contributed by atoms with Crippen molar-refractivity contribution in [2.75, 3.05) is 13.2 Å². The largest absolute Gasteiger partial charge is 0.478 e. The number of carboxylic acid groups (broad SMARTS) is 1. The molecule has 1 spiro atoms. The number of aromatic carboxylic acids is 1. The van der Waals surface area contributed by atoms with Crippen LogP contribution in [-0.2, 0) is 4.74 Å². The Balaban J connectivity index is 1.91. The molecular weight excluding hydrogens is 282 g/mol. The average Bonchev–Trinajstić information content (AvgIpc) is 2.72. The van der Waals surface area contributed by atoms with Crippen LogP contribution >= 0.6 is 11.6 Å². The van der Waals surface area contributed by atoms with Gasteiger partial charge in [-0.25, -0.2) is 14.3 Å². The van der Waals surface area contributed by atoms with Crippen molar-refractivity contribution in [3.8, 4) is 0 Å². The second-order valence-corrected chi connectivity index (χ2v) is 5.91. The molecule has 20 heavy (non-hydrogen) atoms. The standard InChI is InChI=1S/C13H12ClN3O3/c14-9-3-10-15-5-7(12(18)19)11(17(10)16-9)8-4-13(8)1-2-20-6-13/h3,5,8H,1-2,4,6H2,(H,18,19). The van der Waals surface area contributed by atoms with Crippen molar-refractivity contribution in [1.29, 1.82) is 0 Å². The van der Waals surface area contributed by atoms with E-state index in [9.17, 15) is 9.90 Å². The summed E-state index contributed by atoms with van der Waals surface area (Å²) in [5, 5.41) is 13.9. The van der Waals surface area contributed by atoms with Gasteiger partial charge in [-0.05, 0) is 12.8 Å². The molecule has 7 heteroatoms. The molecule has 2 atom stereocenters. The van der Waals surface area contributed by atoms with Gasteiger partial charge in [-0.2, -0.15) is 5.10 Å². The summed E-state index contributed by atoms with van der Waals surface area (Å²) in [5.74, 6) is -0.834. The van der Waals surface area contributed by atoms with Crippen LogP contribution in [0.3, 0.4) is 0 Å². The molecule has 2 unspecified atom stereocenters. The Kier molecular flexibility index (Phi) is 2.38. The highest BCUT2D eigenvalue weighted by atomic mass is 35.5. The third kappa shape index (κ3) is 1.58. The lowest BCUT2D eigenvalue weighted by Gasteiger charge is -2.11. The topological polar surface area (TPSA) is 76.7 Å². The summed E-state index contributed by atoms with van der Waals surface area (Å²) in [4.78, 5) is 15.6. The predicted octanol–water partition coefficient (Wildman–Crippen LogP) is 1.97. The number of nitrogens with zero attached hydrogens (tertiary/aromatic N) is 3. The molecule has 1 aliphatic heterocycles. The van der Waals surface area contributed by atoms with Crippen molar-refractivity contribution in [3.63, 3.8) is 0 Å². The number of rotatable bonds is 2. The van der Waals surface area contributed by atoms with Gasteiger partial charge in [0.05, 0.1) is 17.9 Å². The Bertz CT molecular complexity index is 721. The molecule has 1 saturated heterocycles. The van der Waals surface area contributed by atoms with Crippen LogP contribution in [0.25, 0.3) is 5.65 Å². The average molecular weight is 294 g/mol. The molecule has 2 aromatic rings. The summed E-state index contributed by atoms with van der Waals surface area (Å²) in [6, 6.07) is 1.64. The summed E-state index contributed by atoms with van der Waals surface area (Å²) < 4.78 is 7.05. The van der Waals surface area contributed by atoms with Crippen molar-refractivity contribution in [2.24, 2.45) is 5.41 Å². The fourth-order valence-electron chi connectivity index (χ4n) is 3.22. The van der Waals surface area contributed by atoms with Gasteiger partial charge >= 0.3 is 5.97 Å². The first kappa shape index (κ1) is 12.1. The van der Waals surface area contributed by atoms with Crippen LogP contribution in [0.15, 0.2) is 12.3 Å². The third-order valence-electron chi connectivity index (χ3n) is 4.37. The number of hydrogen-bond donors (Lipinski definition) is 1. The van der Waals surface area contributed by atoms with Crippen molar-refractivity contribution in [2.45, 2.75) is 18.8 Å². The summed E-state index contributed by atoms with van der Waals surface area (Å²) in [6.07, 6.45) is 3.30. The zero-order valence-electron chi connectivity index (χ0n) is 10.5. The normalized spacial score (nSPS) is 28.4. The smallest absolute Gasteiger partial charge is 0.339 e. The highest BCUT2D eigenvalue weighted by molar-refractivity contribution is 6.29. The maximum Gasteiger partial charge on any atom is 0.339 e. The summed E-state index contributed by atoms with van der Waals surface area (Å²) >= 11 is 5.92. The van der Waals surface area contributed by atoms with E-state index in [4.69, 9.17) is 16.3 Å². The van der Waals surface area contributed by atoms with Crippen LogP contribution < -0.4 is 0 Å². The van der Waals surface area contributed by atoms with E-state index in [1.165, 1.54) is 6.20 Å². The monoisotopic (exact) mass is 293 g/mol. The van der Waals surface area contributed by atoms with Crippen molar-refractivity contribution in [1.82, 2.24) is 14.6 Å². The minimum Gasteiger partial charge on any atom is -0.478 e. The number of hydrogen-bond acceptors (Lipinski definition) is 4. The first-order valence-corrected chi connectivity index (χ1v) is 6.84. The summed E-state index contributed by atoms with van der Waals surface area (Å²) in [6.45, 7) is 1.43. The molecular formula is C13H12ClN3O3. The zero-order valence-corrected chi connectivity index (χ0v) is 11.3. The minimum absolute atomic E-state index is 0.0803. The van der Waals surface area contributed by atoms with Gasteiger partial charge in [0.2, 0.25) is 0 Å². The molecule has 2 aromatic heterocycles. The Morgan fingerprint density at radius 2 is 2.45 bits per heavy atom. The van der Waals surface area contributed by atoms with Crippen LogP contribution in [0.4, 0.5) is 0 Å². The van der Waals surface area contributed by atoms with Gasteiger partial charge in [-0.15, -0.1) is 0 Å². The first-order valence-electron chi connectivity index (χ1n) is 6.46. The molecule has 1 N–H and O–H groups in total. The minimum atomic E-state index is -0.984. The van der Waals surface area contributed by atoms with Crippen molar-refractivity contribution < 1.29 is 14.6 Å². The predicted molar refractivity (Wildman–Crippen MR) is 70.2 cm³/mol. The first-order chi connectivity index (χ1) is 9.61. The van der Waals surface area contributed by atoms with E-state index in [2.05, 4.69) is 10.1 Å². The lowest BCUT2D eigenvalue weighted by Crippen LogP contribution is -2.13. The number of aromatic nitrogens is 3. The van der Waals surface area contributed by atoms with Crippen LogP contribution in [0, 0.1) is 5.41 Å².